The van der Waals surface area contributed by atoms with Gasteiger partial charge in [-0.05, 0) is 56.2 Å². The van der Waals surface area contributed by atoms with E-state index in [1.54, 1.807) is 24.3 Å². The Hall–Kier alpha value is -2.60. The van der Waals surface area contributed by atoms with Gasteiger partial charge < -0.3 is 10.2 Å². The van der Waals surface area contributed by atoms with Crippen LogP contribution in [-0.4, -0.2) is 50.0 Å². The predicted octanol–water partition coefficient (Wildman–Crippen LogP) is 4.57. The highest BCUT2D eigenvalue weighted by atomic mass is 79.9. The second kappa shape index (κ2) is 12.1. The van der Waals surface area contributed by atoms with Crippen molar-refractivity contribution in [1.82, 2.24) is 10.2 Å². The number of rotatable bonds is 10. The third-order valence-electron chi connectivity index (χ3n) is 5.58. The summed E-state index contributed by atoms with van der Waals surface area (Å²) in [6, 6.07) is 9.61. The molecule has 0 bridgehead atoms. The molecular weight excluding hydrogens is 563 g/mol. The molecule has 0 unspecified atom stereocenters. The van der Waals surface area contributed by atoms with Crippen LogP contribution >= 0.6 is 15.9 Å². The van der Waals surface area contributed by atoms with E-state index in [-0.39, 0.29) is 18.3 Å². The quantitative estimate of drug-likeness (QED) is 0.438. The van der Waals surface area contributed by atoms with Gasteiger partial charge in [-0.15, -0.1) is 0 Å². The van der Waals surface area contributed by atoms with Crippen LogP contribution in [0.25, 0.3) is 0 Å². The molecule has 36 heavy (non-hydrogen) atoms. The summed E-state index contributed by atoms with van der Waals surface area (Å²) in [7, 11) is -4.14. The van der Waals surface area contributed by atoms with Crippen molar-refractivity contribution in [1.29, 1.82) is 0 Å². The molecule has 0 saturated carbocycles. The van der Waals surface area contributed by atoms with Gasteiger partial charge in [0, 0.05) is 17.1 Å². The first-order chi connectivity index (χ1) is 16.6. The molecule has 12 heteroatoms. The van der Waals surface area contributed by atoms with Gasteiger partial charge in [0.05, 0.1) is 17.5 Å². The van der Waals surface area contributed by atoms with Gasteiger partial charge in [-0.2, -0.15) is 13.2 Å². The van der Waals surface area contributed by atoms with Crippen LogP contribution in [0.4, 0.5) is 18.9 Å². The lowest BCUT2D eigenvalue weighted by atomic mass is 10.1. The minimum atomic E-state index is -4.70. The number of benzene rings is 2. The second-order valence-electron chi connectivity index (χ2n) is 8.46. The van der Waals surface area contributed by atoms with Gasteiger partial charge in [0.25, 0.3) is 0 Å². The lowest BCUT2D eigenvalue weighted by molar-refractivity contribution is -0.139. The standard InChI is InChI=1S/C24H29BrF3N3O4S/c1-5-16(2)29-23(33)17(3)30(14-18-9-11-20(25)12-10-18)22(32)15-31(36(4,34)35)21-8-6-7-19(13-21)24(26,27)28/h6-13,16-17H,5,14-15H2,1-4H3,(H,29,33)/t16-,17+/m0/s1. The highest BCUT2D eigenvalue weighted by Gasteiger charge is 2.33. The monoisotopic (exact) mass is 591 g/mol. The lowest BCUT2D eigenvalue weighted by Crippen LogP contribution is -2.52. The van der Waals surface area contributed by atoms with Crippen LogP contribution in [0.5, 0.6) is 0 Å². The Kier molecular flexibility index (Phi) is 9.95. The van der Waals surface area contributed by atoms with E-state index in [9.17, 15) is 31.2 Å². The Labute approximate surface area is 217 Å². The topological polar surface area (TPSA) is 86.8 Å². The average Bonchev–Trinajstić information content (AvgIpc) is 2.80. The molecule has 7 nitrogen and oxygen atoms in total. The number of hydrogen-bond donors (Lipinski definition) is 1. The zero-order chi connectivity index (χ0) is 27.3. The lowest BCUT2D eigenvalue weighted by Gasteiger charge is -2.32. The van der Waals surface area contributed by atoms with E-state index < -0.39 is 46.2 Å². The van der Waals surface area contributed by atoms with Crippen molar-refractivity contribution < 1.29 is 31.2 Å². The van der Waals surface area contributed by atoms with Crippen LogP contribution in [0.15, 0.2) is 53.0 Å². The smallest absolute Gasteiger partial charge is 0.352 e. The van der Waals surface area contributed by atoms with E-state index in [0.717, 1.165) is 22.9 Å². The van der Waals surface area contributed by atoms with Crippen molar-refractivity contribution in [3.8, 4) is 0 Å². The first kappa shape index (κ1) is 29.6. The molecule has 1 N–H and O–H groups in total. The summed E-state index contributed by atoms with van der Waals surface area (Å²) in [4.78, 5) is 27.5. The minimum absolute atomic E-state index is 0.0125. The summed E-state index contributed by atoms with van der Waals surface area (Å²) >= 11 is 3.33. The van der Waals surface area contributed by atoms with Crippen molar-refractivity contribution in [3.63, 3.8) is 0 Å². The number of amides is 2. The van der Waals surface area contributed by atoms with Crippen LogP contribution in [0.1, 0.15) is 38.3 Å². The van der Waals surface area contributed by atoms with Gasteiger partial charge in [-0.1, -0.05) is 41.1 Å². The highest BCUT2D eigenvalue weighted by Crippen LogP contribution is 2.32. The van der Waals surface area contributed by atoms with E-state index in [4.69, 9.17) is 0 Å². The molecule has 0 fully saturated rings. The van der Waals surface area contributed by atoms with Crippen molar-refractivity contribution >= 4 is 43.5 Å². The molecule has 0 saturated heterocycles. The molecule has 2 aromatic carbocycles. The molecule has 2 atom stereocenters. The number of carbonyl (C=O) groups excluding carboxylic acids is 2. The Balaban J connectivity index is 2.43. The molecule has 0 aliphatic heterocycles. The summed E-state index contributed by atoms with van der Waals surface area (Å²) in [5.74, 6) is -1.17. The maximum Gasteiger partial charge on any atom is 0.416 e. The summed E-state index contributed by atoms with van der Waals surface area (Å²) in [6.45, 7) is 4.42. The third kappa shape index (κ3) is 8.22. The van der Waals surface area contributed by atoms with Crippen molar-refractivity contribution in [2.45, 2.75) is 52.0 Å². The Bertz CT molecular complexity index is 1170. The van der Waals surface area contributed by atoms with Crippen LogP contribution in [0.3, 0.4) is 0 Å². The maximum atomic E-state index is 13.4. The van der Waals surface area contributed by atoms with E-state index in [1.165, 1.54) is 17.9 Å². The number of anilines is 1. The fraction of sp³-hybridized carbons (Fsp3) is 0.417. The molecular formula is C24H29BrF3N3O4S. The van der Waals surface area contributed by atoms with E-state index in [0.29, 0.717) is 22.4 Å². The van der Waals surface area contributed by atoms with Gasteiger partial charge >= 0.3 is 6.18 Å². The number of alkyl halides is 3. The third-order valence-corrected chi connectivity index (χ3v) is 7.24. The zero-order valence-corrected chi connectivity index (χ0v) is 22.7. The molecule has 0 aliphatic carbocycles. The largest absolute Gasteiger partial charge is 0.416 e. The van der Waals surface area contributed by atoms with Gasteiger partial charge in [-0.3, -0.25) is 13.9 Å². The van der Waals surface area contributed by atoms with Crippen molar-refractivity contribution in [2.24, 2.45) is 0 Å². The molecule has 0 aromatic heterocycles. The van der Waals surface area contributed by atoms with Gasteiger partial charge in [0.15, 0.2) is 0 Å². The Morgan fingerprint density at radius 1 is 1.08 bits per heavy atom. The van der Waals surface area contributed by atoms with Gasteiger partial charge in [-0.25, -0.2) is 8.42 Å². The summed E-state index contributed by atoms with van der Waals surface area (Å²) in [5, 5.41) is 2.80. The van der Waals surface area contributed by atoms with Gasteiger partial charge in [0.2, 0.25) is 21.8 Å². The molecule has 0 spiro atoms. The molecule has 2 aromatic rings. The van der Waals surface area contributed by atoms with Crippen molar-refractivity contribution in [3.05, 3.63) is 64.1 Å². The van der Waals surface area contributed by atoms with Crippen molar-refractivity contribution in [2.75, 3.05) is 17.1 Å². The zero-order valence-electron chi connectivity index (χ0n) is 20.3. The Morgan fingerprint density at radius 3 is 2.22 bits per heavy atom. The predicted molar refractivity (Wildman–Crippen MR) is 136 cm³/mol. The van der Waals surface area contributed by atoms with Crippen LogP contribution in [0, 0.1) is 0 Å². The van der Waals surface area contributed by atoms with Gasteiger partial charge in [0.1, 0.15) is 12.6 Å². The first-order valence-corrected chi connectivity index (χ1v) is 13.8. The molecule has 198 valence electrons. The van der Waals surface area contributed by atoms with E-state index >= 15 is 0 Å². The number of halogens is 4. The highest BCUT2D eigenvalue weighted by molar-refractivity contribution is 9.10. The minimum Gasteiger partial charge on any atom is -0.352 e. The normalized spacial score (nSPS) is 13.6. The molecule has 0 heterocycles. The number of hydrogen-bond acceptors (Lipinski definition) is 4. The summed E-state index contributed by atoms with van der Waals surface area (Å²) in [5.41, 5.74) is -0.671. The summed E-state index contributed by atoms with van der Waals surface area (Å²) in [6.07, 6.45) is -3.23. The first-order valence-electron chi connectivity index (χ1n) is 11.1. The summed E-state index contributed by atoms with van der Waals surface area (Å²) < 4.78 is 66.1. The number of sulfonamides is 1. The van der Waals surface area contributed by atoms with Crippen LogP contribution < -0.4 is 9.62 Å². The Morgan fingerprint density at radius 2 is 1.69 bits per heavy atom. The van der Waals surface area contributed by atoms with E-state index in [1.807, 2.05) is 13.8 Å². The fourth-order valence-electron chi connectivity index (χ4n) is 3.29. The average molecular weight is 592 g/mol. The number of nitrogens with zero attached hydrogens (tertiary/aromatic N) is 2. The molecule has 2 amide bonds. The SMILES string of the molecule is CC[C@H](C)NC(=O)[C@@H](C)N(Cc1ccc(Br)cc1)C(=O)CN(c1cccc(C(F)(F)F)c1)S(C)(=O)=O. The number of carbonyl (C=O) groups is 2. The molecule has 0 radical (unpaired) electrons. The molecule has 2 rings (SSSR count). The molecule has 0 aliphatic rings. The van der Waals surface area contributed by atoms with E-state index in [2.05, 4.69) is 21.2 Å². The van der Waals surface area contributed by atoms with Crippen LogP contribution in [0.2, 0.25) is 0 Å². The second-order valence-corrected chi connectivity index (χ2v) is 11.3. The van der Waals surface area contributed by atoms with Crippen LogP contribution in [-0.2, 0) is 32.3 Å². The number of nitrogens with one attached hydrogen (secondary N) is 1. The maximum absolute atomic E-state index is 13.4. The fourth-order valence-corrected chi connectivity index (χ4v) is 4.39.